The molecule has 1 aliphatic rings. The second-order valence-electron chi connectivity index (χ2n) is 3.11. The second-order valence-corrected chi connectivity index (χ2v) is 5.95. The summed E-state index contributed by atoms with van der Waals surface area (Å²) < 4.78 is 24.3. The molecule has 0 atom stereocenters. The quantitative estimate of drug-likeness (QED) is 0.859. The van der Waals surface area contributed by atoms with Crippen molar-refractivity contribution in [1.82, 2.24) is 0 Å². The number of sulfone groups is 1. The lowest BCUT2D eigenvalue weighted by Gasteiger charge is -2.04. The average Bonchev–Trinajstić information content (AvgIpc) is 2.42. The summed E-state index contributed by atoms with van der Waals surface area (Å²) >= 11 is 3.29. The van der Waals surface area contributed by atoms with Gasteiger partial charge in [-0.2, -0.15) is 0 Å². The third-order valence-corrected chi connectivity index (χ3v) is 4.31. The second kappa shape index (κ2) is 3.50. The maximum Gasteiger partial charge on any atom is 0.221 e. The first-order valence-corrected chi connectivity index (χ1v) is 6.48. The van der Waals surface area contributed by atoms with Crippen molar-refractivity contribution < 1.29 is 8.42 Å². The van der Waals surface area contributed by atoms with Crippen LogP contribution in [0.2, 0.25) is 0 Å². The minimum absolute atomic E-state index is 0.0996. The van der Waals surface area contributed by atoms with Crippen LogP contribution in [0.3, 0.4) is 0 Å². The van der Waals surface area contributed by atoms with Crippen LogP contribution in [-0.2, 0) is 9.84 Å². The summed E-state index contributed by atoms with van der Waals surface area (Å²) in [5, 5.41) is -0.0996. The fraction of sp³-hybridized carbons (Fsp3) is 0. The highest BCUT2D eigenvalue weighted by molar-refractivity contribution is 9.10. The number of allylic oxidation sites excluding steroid dienone is 2. The van der Waals surface area contributed by atoms with Crippen molar-refractivity contribution in [2.24, 2.45) is 5.73 Å². The summed E-state index contributed by atoms with van der Waals surface area (Å²) in [6, 6.07) is 7.10. The molecule has 1 heterocycles. The zero-order chi connectivity index (χ0) is 11.1. The molecule has 1 aromatic rings. The van der Waals surface area contributed by atoms with E-state index < -0.39 is 9.84 Å². The molecule has 15 heavy (non-hydrogen) atoms. The van der Waals surface area contributed by atoms with Crippen molar-refractivity contribution in [1.29, 1.82) is 0 Å². The summed E-state index contributed by atoms with van der Waals surface area (Å²) in [4.78, 5) is 0.251. The van der Waals surface area contributed by atoms with Crippen molar-refractivity contribution in [3.8, 4) is 0 Å². The van der Waals surface area contributed by atoms with E-state index in [2.05, 4.69) is 15.9 Å². The zero-order valence-corrected chi connectivity index (χ0v) is 10.0. The molecule has 0 saturated heterocycles. The standard InChI is InChI=1S/C10H8BrNO2S/c11-8-3-1-2-7(6-8)9-4-5-10(12)15(9,13)14/h1-6H,12H2. The highest BCUT2D eigenvalue weighted by atomic mass is 79.9. The first-order chi connectivity index (χ1) is 7.01. The Morgan fingerprint density at radius 2 is 1.93 bits per heavy atom. The molecule has 0 aliphatic carbocycles. The molecule has 0 aromatic heterocycles. The molecule has 0 saturated carbocycles. The number of halogens is 1. The monoisotopic (exact) mass is 285 g/mol. The summed E-state index contributed by atoms with van der Waals surface area (Å²) in [5.41, 5.74) is 6.03. The van der Waals surface area contributed by atoms with E-state index >= 15 is 0 Å². The van der Waals surface area contributed by atoms with E-state index in [1.165, 1.54) is 12.2 Å². The van der Waals surface area contributed by atoms with Crippen LogP contribution in [0, 0.1) is 0 Å². The number of hydrogen-bond acceptors (Lipinski definition) is 3. The van der Waals surface area contributed by atoms with Gasteiger partial charge in [-0.25, -0.2) is 8.42 Å². The molecule has 3 nitrogen and oxygen atoms in total. The number of nitrogens with two attached hydrogens (primary N) is 1. The van der Waals surface area contributed by atoms with Gasteiger partial charge >= 0.3 is 0 Å². The zero-order valence-electron chi connectivity index (χ0n) is 7.64. The molecule has 1 aromatic carbocycles. The van der Waals surface area contributed by atoms with E-state index in [0.29, 0.717) is 5.56 Å². The van der Waals surface area contributed by atoms with Crippen LogP contribution in [-0.4, -0.2) is 8.42 Å². The number of rotatable bonds is 1. The third-order valence-electron chi connectivity index (χ3n) is 2.11. The Kier molecular flexibility index (Phi) is 2.44. The van der Waals surface area contributed by atoms with Crippen molar-refractivity contribution in [3.63, 3.8) is 0 Å². The molecule has 5 heteroatoms. The molecule has 0 fully saturated rings. The van der Waals surface area contributed by atoms with Gasteiger partial charge in [0.2, 0.25) is 9.84 Å². The van der Waals surface area contributed by atoms with E-state index in [1.807, 2.05) is 6.07 Å². The molecule has 0 radical (unpaired) electrons. The lowest BCUT2D eigenvalue weighted by molar-refractivity contribution is 0.611. The summed E-state index contributed by atoms with van der Waals surface area (Å²) in [5.74, 6) is 0. The van der Waals surface area contributed by atoms with E-state index in [9.17, 15) is 8.42 Å². The van der Waals surface area contributed by atoms with Crippen LogP contribution in [0.25, 0.3) is 4.91 Å². The molecule has 0 bridgehead atoms. The lowest BCUT2D eigenvalue weighted by Crippen LogP contribution is -2.09. The van der Waals surface area contributed by atoms with E-state index in [0.717, 1.165) is 4.47 Å². The molecule has 2 rings (SSSR count). The SMILES string of the molecule is NC1=CC=C(c2cccc(Br)c2)S1(=O)=O. The summed E-state index contributed by atoms with van der Waals surface area (Å²) in [6.07, 6.45) is 2.93. The van der Waals surface area contributed by atoms with E-state index in [4.69, 9.17) is 5.73 Å². The van der Waals surface area contributed by atoms with Crippen molar-refractivity contribution in [3.05, 3.63) is 51.5 Å². The molecule has 0 unspecified atom stereocenters. The van der Waals surface area contributed by atoms with Gasteiger partial charge in [-0.05, 0) is 29.8 Å². The Morgan fingerprint density at radius 1 is 1.20 bits per heavy atom. The predicted molar refractivity (Wildman–Crippen MR) is 63.3 cm³/mol. The fourth-order valence-electron chi connectivity index (χ4n) is 1.36. The largest absolute Gasteiger partial charge is 0.389 e. The topological polar surface area (TPSA) is 60.2 Å². The van der Waals surface area contributed by atoms with E-state index in [1.54, 1.807) is 18.2 Å². The molecule has 2 N–H and O–H groups in total. The minimum atomic E-state index is -3.46. The Morgan fingerprint density at radius 3 is 2.47 bits per heavy atom. The minimum Gasteiger partial charge on any atom is -0.389 e. The molecule has 78 valence electrons. The Bertz CT molecular complexity index is 573. The predicted octanol–water partition coefficient (Wildman–Crippen LogP) is 2.02. The van der Waals surface area contributed by atoms with Crippen LogP contribution in [0.5, 0.6) is 0 Å². The molecule has 0 spiro atoms. The van der Waals surface area contributed by atoms with Gasteiger partial charge in [-0.1, -0.05) is 28.1 Å². The maximum absolute atomic E-state index is 11.7. The Hall–Kier alpha value is -1.07. The Labute approximate surface area is 96.3 Å². The van der Waals surface area contributed by atoms with Crippen molar-refractivity contribution in [2.45, 2.75) is 0 Å². The van der Waals surface area contributed by atoms with Gasteiger partial charge in [-0.3, -0.25) is 0 Å². The van der Waals surface area contributed by atoms with Gasteiger partial charge in [-0.15, -0.1) is 0 Å². The summed E-state index contributed by atoms with van der Waals surface area (Å²) in [7, 11) is -3.46. The third kappa shape index (κ3) is 1.72. The Balaban J connectivity index is 2.54. The van der Waals surface area contributed by atoms with Gasteiger partial charge in [0.05, 0.1) is 4.91 Å². The van der Waals surface area contributed by atoms with Gasteiger partial charge in [0.1, 0.15) is 5.03 Å². The van der Waals surface area contributed by atoms with Crippen LogP contribution in [0.4, 0.5) is 0 Å². The van der Waals surface area contributed by atoms with Gasteiger partial charge in [0.25, 0.3) is 0 Å². The number of benzene rings is 1. The molecule has 1 aliphatic heterocycles. The van der Waals surface area contributed by atoms with Crippen LogP contribution in [0.15, 0.2) is 45.9 Å². The first kappa shape index (κ1) is 10.4. The van der Waals surface area contributed by atoms with Crippen LogP contribution >= 0.6 is 15.9 Å². The highest BCUT2D eigenvalue weighted by Gasteiger charge is 2.26. The maximum atomic E-state index is 11.7. The highest BCUT2D eigenvalue weighted by Crippen LogP contribution is 2.30. The van der Waals surface area contributed by atoms with Gasteiger partial charge in [0, 0.05) is 4.47 Å². The molecular weight excluding hydrogens is 278 g/mol. The summed E-state index contributed by atoms with van der Waals surface area (Å²) in [6.45, 7) is 0. The van der Waals surface area contributed by atoms with Gasteiger partial charge < -0.3 is 5.73 Å². The van der Waals surface area contributed by atoms with Crippen molar-refractivity contribution in [2.75, 3.05) is 0 Å². The molecular formula is C10H8BrNO2S. The fourth-order valence-corrected chi connectivity index (χ4v) is 2.94. The smallest absolute Gasteiger partial charge is 0.221 e. The number of hydrogen-bond donors (Lipinski definition) is 1. The van der Waals surface area contributed by atoms with E-state index in [-0.39, 0.29) is 9.93 Å². The molecule has 0 amide bonds. The first-order valence-electron chi connectivity index (χ1n) is 4.20. The lowest BCUT2D eigenvalue weighted by atomic mass is 10.2. The van der Waals surface area contributed by atoms with Crippen LogP contribution < -0.4 is 5.73 Å². The normalized spacial score (nSPS) is 18.5. The van der Waals surface area contributed by atoms with Gasteiger partial charge in [0.15, 0.2) is 0 Å². The van der Waals surface area contributed by atoms with Crippen molar-refractivity contribution >= 4 is 30.7 Å². The average molecular weight is 286 g/mol. The van der Waals surface area contributed by atoms with Crippen LogP contribution in [0.1, 0.15) is 5.56 Å².